The highest BCUT2D eigenvalue weighted by molar-refractivity contribution is 5.95. The fraction of sp³-hybridized carbons (Fsp3) is 0.600. The molecule has 0 bridgehead atoms. The number of unbranched alkanes of at least 4 members (excludes halogenated alkanes) is 1. The molecule has 134 valence electrons. The summed E-state index contributed by atoms with van der Waals surface area (Å²) in [4.78, 5) is 24.2. The first-order valence-corrected chi connectivity index (χ1v) is 8.92. The SMILES string of the molecule is CCCCC(C)OC(=O)c1cccc(C(=O)OCCCC(C)C)c1. The van der Waals surface area contributed by atoms with Crippen LogP contribution in [-0.4, -0.2) is 24.6 Å². The van der Waals surface area contributed by atoms with E-state index < -0.39 is 11.9 Å². The number of hydrogen-bond donors (Lipinski definition) is 0. The van der Waals surface area contributed by atoms with E-state index in [1.807, 2.05) is 6.92 Å². The average molecular weight is 334 g/mol. The Balaban J connectivity index is 2.55. The molecule has 0 aliphatic carbocycles. The molecule has 4 heteroatoms. The highest BCUT2D eigenvalue weighted by atomic mass is 16.5. The molecule has 0 aliphatic rings. The van der Waals surface area contributed by atoms with Gasteiger partial charge in [0.05, 0.1) is 23.8 Å². The molecule has 0 fully saturated rings. The molecule has 0 aromatic heterocycles. The van der Waals surface area contributed by atoms with E-state index in [4.69, 9.17) is 9.47 Å². The zero-order valence-electron chi connectivity index (χ0n) is 15.3. The summed E-state index contributed by atoms with van der Waals surface area (Å²) in [5.74, 6) is -0.197. The fourth-order valence-electron chi connectivity index (χ4n) is 2.31. The van der Waals surface area contributed by atoms with Gasteiger partial charge >= 0.3 is 11.9 Å². The van der Waals surface area contributed by atoms with Crippen LogP contribution in [0.5, 0.6) is 0 Å². The minimum absolute atomic E-state index is 0.121. The van der Waals surface area contributed by atoms with Crippen molar-refractivity contribution in [2.24, 2.45) is 5.92 Å². The lowest BCUT2D eigenvalue weighted by atomic mass is 10.1. The molecule has 0 heterocycles. The second-order valence-corrected chi connectivity index (χ2v) is 6.61. The van der Waals surface area contributed by atoms with Crippen molar-refractivity contribution in [2.45, 2.75) is 65.9 Å². The number of esters is 2. The number of ether oxygens (including phenoxy) is 2. The molecule has 1 aromatic carbocycles. The maximum absolute atomic E-state index is 12.2. The summed E-state index contributed by atoms with van der Waals surface area (Å²) in [6.07, 6.45) is 4.69. The third-order valence-electron chi connectivity index (χ3n) is 3.77. The Morgan fingerprint density at radius 3 is 2.29 bits per heavy atom. The normalized spacial score (nSPS) is 12.0. The Kier molecular flexibility index (Phi) is 9.13. The van der Waals surface area contributed by atoms with Gasteiger partial charge in [-0.15, -0.1) is 0 Å². The van der Waals surface area contributed by atoms with E-state index in [1.165, 1.54) is 0 Å². The van der Waals surface area contributed by atoms with Crippen LogP contribution in [0.25, 0.3) is 0 Å². The summed E-state index contributed by atoms with van der Waals surface area (Å²) < 4.78 is 10.7. The van der Waals surface area contributed by atoms with Crippen molar-refractivity contribution < 1.29 is 19.1 Å². The summed E-state index contributed by atoms with van der Waals surface area (Å²) in [5, 5.41) is 0. The van der Waals surface area contributed by atoms with Crippen molar-refractivity contribution >= 4 is 11.9 Å². The second kappa shape index (κ2) is 10.8. The van der Waals surface area contributed by atoms with Crippen molar-refractivity contribution in [3.05, 3.63) is 35.4 Å². The van der Waals surface area contributed by atoms with E-state index in [0.29, 0.717) is 23.7 Å². The van der Waals surface area contributed by atoms with E-state index in [9.17, 15) is 9.59 Å². The summed E-state index contributed by atoms with van der Waals surface area (Å²) in [7, 11) is 0. The van der Waals surface area contributed by atoms with Gasteiger partial charge in [0.25, 0.3) is 0 Å². The predicted molar refractivity (Wildman–Crippen MR) is 95.2 cm³/mol. The topological polar surface area (TPSA) is 52.6 Å². The average Bonchev–Trinajstić information content (AvgIpc) is 2.56. The number of benzene rings is 1. The summed E-state index contributed by atoms with van der Waals surface area (Å²) in [6.45, 7) is 8.67. The van der Waals surface area contributed by atoms with E-state index in [-0.39, 0.29) is 6.10 Å². The van der Waals surface area contributed by atoms with Gasteiger partial charge in [-0.2, -0.15) is 0 Å². The van der Waals surface area contributed by atoms with E-state index in [1.54, 1.807) is 24.3 Å². The lowest BCUT2D eigenvalue weighted by Crippen LogP contribution is -2.15. The van der Waals surface area contributed by atoms with Gasteiger partial charge in [-0.05, 0) is 50.3 Å². The van der Waals surface area contributed by atoms with Gasteiger partial charge in [0, 0.05) is 0 Å². The number of rotatable bonds is 10. The monoisotopic (exact) mass is 334 g/mol. The third kappa shape index (κ3) is 7.62. The van der Waals surface area contributed by atoms with Gasteiger partial charge < -0.3 is 9.47 Å². The van der Waals surface area contributed by atoms with Gasteiger partial charge in [-0.1, -0.05) is 39.7 Å². The molecule has 0 spiro atoms. The standard InChI is InChI=1S/C20H30O4/c1-5-6-10-16(4)24-20(22)18-12-7-11-17(14-18)19(21)23-13-8-9-15(2)3/h7,11-12,14-16H,5-6,8-10,13H2,1-4H3. The number of carbonyl (C=O) groups is 2. The lowest BCUT2D eigenvalue weighted by Gasteiger charge is -2.13. The Morgan fingerprint density at radius 2 is 1.67 bits per heavy atom. The Morgan fingerprint density at radius 1 is 1.00 bits per heavy atom. The number of hydrogen-bond acceptors (Lipinski definition) is 4. The fourth-order valence-corrected chi connectivity index (χ4v) is 2.31. The molecule has 1 aromatic rings. The lowest BCUT2D eigenvalue weighted by molar-refractivity contribution is 0.0320. The van der Waals surface area contributed by atoms with Crippen LogP contribution in [0.3, 0.4) is 0 Å². The van der Waals surface area contributed by atoms with Crippen LogP contribution in [0.4, 0.5) is 0 Å². The number of carbonyl (C=O) groups excluding carboxylic acids is 2. The largest absolute Gasteiger partial charge is 0.462 e. The molecule has 0 N–H and O–H groups in total. The quantitative estimate of drug-likeness (QED) is 0.445. The minimum atomic E-state index is -0.396. The highest BCUT2D eigenvalue weighted by Gasteiger charge is 2.15. The van der Waals surface area contributed by atoms with Crippen LogP contribution < -0.4 is 0 Å². The first kappa shape index (κ1) is 20.2. The van der Waals surface area contributed by atoms with Crippen LogP contribution in [0.1, 0.15) is 80.5 Å². The molecule has 4 nitrogen and oxygen atoms in total. The molecule has 1 unspecified atom stereocenters. The smallest absolute Gasteiger partial charge is 0.338 e. The van der Waals surface area contributed by atoms with Crippen LogP contribution in [0, 0.1) is 5.92 Å². The predicted octanol–water partition coefficient (Wildman–Crippen LogP) is 5.02. The molecule has 1 rings (SSSR count). The minimum Gasteiger partial charge on any atom is -0.462 e. The highest BCUT2D eigenvalue weighted by Crippen LogP contribution is 2.12. The van der Waals surface area contributed by atoms with Crippen molar-refractivity contribution in [1.82, 2.24) is 0 Å². The molecular weight excluding hydrogens is 304 g/mol. The zero-order chi connectivity index (χ0) is 17.9. The van der Waals surface area contributed by atoms with Crippen molar-refractivity contribution in [2.75, 3.05) is 6.61 Å². The Labute approximate surface area is 145 Å². The molecule has 0 saturated carbocycles. The van der Waals surface area contributed by atoms with Gasteiger partial charge in [0.15, 0.2) is 0 Å². The summed E-state index contributed by atoms with van der Waals surface area (Å²) in [6, 6.07) is 6.53. The van der Waals surface area contributed by atoms with Crippen LogP contribution in [-0.2, 0) is 9.47 Å². The van der Waals surface area contributed by atoms with Crippen LogP contribution >= 0.6 is 0 Å². The summed E-state index contributed by atoms with van der Waals surface area (Å²) in [5.41, 5.74) is 0.769. The Hall–Kier alpha value is -1.84. The second-order valence-electron chi connectivity index (χ2n) is 6.61. The van der Waals surface area contributed by atoms with E-state index in [2.05, 4.69) is 20.8 Å². The van der Waals surface area contributed by atoms with Crippen LogP contribution in [0.2, 0.25) is 0 Å². The van der Waals surface area contributed by atoms with Gasteiger partial charge in [0.1, 0.15) is 0 Å². The molecule has 0 amide bonds. The maximum Gasteiger partial charge on any atom is 0.338 e. The van der Waals surface area contributed by atoms with E-state index >= 15 is 0 Å². The first-order valence-electron chi connectivity index (χ1n) is 8.92. The zero-order valence-corrected chi connectivity index (χ0v) is 15.3. The summed E-state index contributed by atoms with van der Waals surface area (Å²) >= 11 is 0. The van der Waals surface area contributed by atoms with Crippen molar-refractivity contribution in [1.29, 1.82) is 0 Å². The van der Waals surface area contributed by atoms with Gasteiger partial charge in [-0.3, -0.25) is 0 Å². The molecular formula is C20H30O4. The molecule has 0 radical (unpaired) electrons. The molecule has 24 heavy (non-hydrogen) atoms. The molecule has 0 saturated heterocycles. The van der Waals surface area contributed by atoms with E-state index in [0.717, 1.165) is 32.1 Å². The third-order valence-corrected chi connectivity index (χ3v) is 3.77. The van der Waals surface area contributed by atoms with Crippen LogP contribution in [0.15, 0.2) is 24.3 Å². The van der Waals surface area contributed by atoms with Gasteiger partial charge in [-0.25, -0.2) is 9.59 Å². The molecule has 1 atom stereocenters. The molecule has 0 aliphatic heterocycles. The first-order chi connectivity index (χ1) is 11.4. The van der Waals surface area contributed by atoms with Gasteiger partial charge in [0.2, 0.25) is 0 Å². The Bertz CT molecular complexity index is 522. The van der Waals surface area contributed by atoms with Crippen molar-refractivity contribution in [3.8, 4) is 0 Å². The van der Waals surface area contributed by atoms with Crippen molar-refractivity contribution in [3.63, 3.8) is 0 Å². The maximum atomic E-state index is 12.2.